The van der Waals surface area contributed by atoms with Gasteiger partial charge in [0.05, 0.1) is 0 Å². The summed E-state index contributed by atoms with van der Waals surface area (Å²) in [7, 11) is 0. The van der Waals surface area contributed by atoms with E-state index in [4.69, 9.17) is 5.84 Å². The summed E-state index contributed by atoms with van der Waals surface area (Å²) in [4.78, 5) is 0. The van der Waals surface area contributed by atoms with Crippen LogP contribution in [0.4, 0.5) is 0 Å². The third kappa shape index (κ3) is 1.06. The third-order valence-electron chi connectivity index (χ3n) is 1.64. The molecule has 2 rings (SSSR count). The quantitative estimate of drug-likeness (QED) is 0.456. The number of nitrogens with one attached hydrogen (secondary N) is 1. The van der Waals surface area contributed by atoms with Crippen molar-refractivity contribution < 1.29 is 0 Å². The average molecular weight is 147 g/mol. The topological polar surface area (TPSA) is 41.3 Å². The summed E-state index contributed by atoms with van der Waals surface area (Å²) in [6, 6.07) is 8.04. The molecule has 0 bridgehead atoms. The van der Waals surface area contributed by atoms with Crippen LogP contribution in [0.1, 0.15) is 0 Å². The van der Waals surface area contributed by atoms with Crippen molar-refractivity contribution >= 4 is 12.4 Å². The second-order valence-corrected chi connectivity index (χ2v) is 2.44. The van der Waals surface area contributed by atoms with Gasteiger partial charge in [0.1, 0.15) is 0 Å². The molecule has 56 valence electrons. The molecule has 1 aromatic rings. The highest BCUT2D eigenvalue weighted by atomic mass is 15.6. The van der Waals surface area contributed by atoms with Crippen LogP contribution in [0.15, 0.2) is 24.3 Å². The molecule has 0 unspecified atom stereocenters. The Balaban J connectivity index is 2.73. The zero-order chi connectivity index (χ0) is 7.68. The highest BCUT2D eigenvalue weighted by Gasteiger charge is 1.93. The van der Waals surface area contributed by atoms with E-state index in [-0.39, 0.29) is 0 Å². The summed E-state index contributed by atoms with van der Waals surface area (Å²) in [6.07, 6.45) is 3.71. The normalized spacial score (nSPS) is 14.1. The van der Waals surface area contributed by atoms with Crippen molar-refractivity contribution in [3.05, 3.63) is 34.7 Å². The van der Waals surface area contributed by atoms with Crippen molar-refractivity contribution in [2.75, 3.05) is 0 Å². The van der Waals surface area contributed by atoms with Crippen LogP contribution in [-0.4, -0.2) is 5.12 Å². The van der Waals surface area contributed by atoms with E-state index in [0.717, 1.165) is 10.4 Å². The molecule has 11 heavy (non-hydrogen) atoms. The largest absolute Gasteiger partial charge is 0.291 e. The first-order chi connectivity index (χ1) is 5.36. The van der Waals surface area contributed by atoms with Gasteiger partial charge in [-0.2, -0.15) is 0 Å². The highest BCUT2D eigenvalue weighted by molar-refractivity contribution is 5.33. The lowest BCUT2D eigenvalue weighted by molar-refractivity contribution is 0.377. The summed E-state index contributed by atoms with van der Waals surface area (Å²) in [5, 5.41) is 3.73. The van der Waals surface area contributed by atoms with E-state index in [2.05, 4.69) is 5.43 Å². The van der Waals surface area contributed by atoms with Crippen molar-refractivity contribution in [3.8, 4) is 0 Å². The summed E-state index contributed by atoms with van der Waals surface area (Å²) in [6.45, 7) is 0. The Bertz CT molecular complexity index is 369. The van der Waals surface area contributed by atoms with Crippen LogP contribution in [0.25, 0.3) is 12.4 Å². The first-order valence-corrected chi connectivity index (χ1v) is 3.43. The zero-order valence-electron chi connectivity index (χ0n) is 5.99. The van der Waals surface area contributed by atoms with Crippen molar-refractivity contribution in [1.82, 2.24) is 10.5 Å². The van der Waals surface area contributed by atoms with Crippen LogP contribution < -0.4 is 21.7 Å². The fourth-order valence-electron chi connectivity index (χ4n) is 1.09. The number of nitrogens with zero attached hydrogens (tertiary/aromatic N) is 1. The van der Waals surface area contributed by atoms with Crippen LogP contribution in [0, 0.1) is 0 Å². The molecule has 3 nitrogen and oxygen atoms in total. The lowest BCUT2D eigenvalue weighted by Crippen LogP contribution is -2.45. The van der Waals surface area contributed by atoms with Gasteiger partial charge in [-0.25, -0.2) is 11.0 Å². The van der Waals surface area contributed by atoms with Gasteiger partial charge in [-0.15, -0.1) is 0 Å². The highest BCUT2D eigenvalue weighted by Crippen LogP contribution is 1.78. The molecule has 3 heteroatoms. The zero-order valence-corrected chi connectivity index (χ0v) is 5.99. The van der Waals surface area contributed by atoms with E-state index in [0.29, 0.717) is 0 Å². The molecule has 1 aromatic carbocycles. The molecule has 0 atom stereocenters. The van der Waals surface area contributed by atoms with Gasteiger partial charge in [-0.3, -0.25) is 5.43 Å². The second-order valence-electron chi connectivity index (χ2n) is 2.44. The first kappa shape index (κ1) is 6.24. The smallest absolute Gasteiger partial charge is 0.0471 e. The minimum atomic E-state index is 1.13. The Kier molecular flexibility index (Phi) is 1.30. The van der Waals surface area contributed by atoms with Crippen molar-refractivity contribution in [2.45, 2.75) is 0 Å². The number of rotatable bonds is 0. The lowest BCUT2D eigenvalue weighted by atomic mass is 10.2. The van der Waals surface area contributed by atoms with E-state index in [1.165, 1.54) is 5.12 Å². The van der Waals surface area contributed by atoms with Gasteiger partial charge in [-0.1, -0.05) is 24.3 Å². The minimum Gasteiger partial charge on any atom is -0.291 e. The predicted octanol–water partition coefficient (Wildman–Crippen LogP) is -1.14. The Morgan fingerprint density at radius 3 is 2.73 bits per heavy atom. The maximum absolute atomic E-state index is 5.48. The molecule has 0 radical (unpaired) electrons. The number of fused-ring (bicyclic) bond motifs is 1. The molecule has 0 saturated heterocycles. The maximum Gasteiger partial charge on any atom is 0.0471 e. The van der Waals surface area contributed by atoms with E-state index in [1.54, 1.807) is 0 Å². The molecular formula is C8H9N3. The Hall–Kier alpha value is -1.48. The van der Waals surface area contributed by atoms with E-state index in [9.17, 15) is 0 Å². The first-order valence-electron chi connectivity index (χ1n) is 3.43. The molecule has 3 N–H and O–H groups in total. The maximum atomic E-state index is 5.48. The molecule has 0 amide bonds. The molecule has 1 heterocycles. The summed E-state index contributed by atoms with van der Waals surface area (Å²) >= 11 is 0. The number of hydrazine groups is 2. The lowest BCUT2D eigenvalue weighted by Gasteiger charge is -2.15. The van der Waals surface area contributed by atoms with Gasteiger partial charge in [0.15, 0.2) is 0 Å². The van der Waals surface area contributed by atoms with Gasteiger partial charge >= 0.3 is 0 Å². The molecular weight excluding hydrogens is 138 g/mol. The molecule has 0 aromatic heterocycles. The van der Waals surface area contributed by atoms with Crippen LogP contribution in [0.3, 0.4) is 0 Å². The van der Waals surface area contributed by atoms with Gasteiger partial charge in [0, 0.05) is 22.8 Å². The molecule has 0 spiro atoms. The van der Waals surface area contributed by atoms with E-state index >= 15 is 0 Å². The number of hydrogen-bond donors (Lipinski definition) is 2. The monoisotopic (exact) mass is 147 g/mol. The molecule has 0 fully saturated rings. The summed E-state index contributed by atoms with van der Waals surface area (Å²) in [5.41, 5.74) is 2.87. The van der Waals surface area contributed by atoms with E-state index < -0.39 is 0 Å². The molecule has 0 saturated carbocycles. The molecule has 0 aliphatic carbocycles. The summed E-state index contributed by atoms with van der Waals surface area (Å²) < 4.78 is 0. The Morgan fingerprint density at radius 2 is 1.91 bits per heavy atom. The number of nitrogens with two attached hydrogens (primary N) is 1. The standard InChI is InChI=1S/C8H9N3/c9-11-6-8-4-2-1-3-7(8)5-10-11/h1-6,10H,9H2. The van der Waals surface area contributed by atoms with Crippen molar-refractivity contribution in [3.63, 3.8) is 0 Å². The average Bonchev–Trinajstić information content (AvgIpc) is 2.04. The van der Waals surface area contributed by atoms with Crippen LogP contribution in [0.2, 0.25) is 0 Å². The van der Waals surface area contributed by atoms with Crippen molar-refractivity contribution in [2.24, 2.45) is 5.84 Å². The SMILES string of the molecule is NN1C=c2ccccc2=CN1. The fraction of sp³-hybridized carbons (Fsp3) is 0. The van der Waals surface area contributed by atoms with Crippen LogP contribution in [-0.2, 0) is 0 Å². The molecule has 1 aliphatic rings. The third-order valence-corrected chi connectivity index (χ3v) is 1.64. The van der Waals surface area contributed by atoms with Crippen LogP contribution in [0.5, 0.6) is 0 Å². The summed E-state index contributed by atoms with van der Waals surface area (Å²) in [5.74, 6) is 5.48. The van der Waals surface area contributed by atoms with Gasteiger partial charge in [0.2, 0.25) is 0 Å². The Labute approximate surface area is 64.4 Å². The minimum absolute atomic E-state index is 1.13. The predicted molar refractivity (Wildman–Crippen MR) is 43.8 cm³/mol. The van der Waals surface area contributed by atoms with Crippen molar-refractivity contribution in [1.29, 1.82) is 0 Å². The van der Waals surface area contributed by atoms with Crippen LogP contribution >= 0.6 is 0 Å². The fourth-order valence-corrected chi connectivity index (χ4v) is 1.09. The Morgan fingerprint density at radius 1 is 1.18 bits per heavy atom. The van der Waals surface area contributed by atoms with Gasteiger partial charge in [-0.05, 0) is 0 Å². The van der Waals surface area contributed by atoms with Gasteiger partial charge in [0.25, 0.3) is 0 Å². The van der Waals surface area contributed by atoms with E-state index in [1.807, 2.05) is 36.7 Å². The number of hydrogen-bond acceptors (Lipinski definition) is 3. The second kappa shape index (κ2) is 2.29. The number of benzene rings is 1. The van der Waals surface area contributed by atoms with Gasteiger partial charge < -0.3 is 0 Å². The molecule has 1 aliphatic heterocycles.